The van der Waals surface area contributed by atoms with E-state index in [1.165, 1.54) is 0 Å². The van der Waals surface area contributed by atoms with E-state index in [0.717, 1.165) is 56.7 Å². The minimum absolute atomic E-state index is 0.274. The molecular formula is C11H20O4Si. The van der Waals surface area contributed by atoms with Crippen LogP contribution in [0.5, 0.6) is 0 Å². The Morgan fingerprint density at radius 1 is 0.875 bits per heavy atom. The third kappa shape index (κ3) is 1.49. The van der Waals surface area contributed by atoms with Crippen LogP contribution < -0.4 is 0 Å². The quantitative estimate of drug-likeness (QED) is 0.594. The van der Waals surface area contributed by atoms with Crippen LogP contribution >= 0.6 is 0 Å². The van der Waals surface area contributed by atoms with Gasteiger partial charge in [-0.2, -0.15) is 0 Å². The van der Waals surface area contributed by atoms with Gasteiger partial charge in [-0.1, -0.05) is 0 Å². The SMILES string of the molecule is [SiH3]OCC(C1COC1)(C1COC1)C1COC1. The summed E-state index contributed by atoms with van der Waals surface area (Å²) in [6.07, 6.45) is 0. The molecule has 4 nitrogen and oxygen atoms in total. The molecule has 3 rings (SSSR count). The van der Waals surface area contributed by atoms with Gasteiger partial charge in [0.2, 0.25) is 0 Å². The molecule has 3 fully saturated rings. The molecule has 0 aromatic rings. The average molecular weight is 244 g/mol. The Morgan fingerprint density at radius 2 is 1.25 bits per heavy atom. The zero-order chi connectivity index (χ0) is 11.0. The molecule has 0 aromatic carbocycles. The van der Waals surface area contributed by atoms with Gasteiger partial charge in [0.05, 0.1) is 39.6 Å². The fraction of sp³-hybridized carbons (Fsp3) is 1.00. The van der Waals surface area contributed by atoms with E-state index >= 15 is 0 Å². The van der Waals surface area contributed by atoms with E-state index in [9.17, 15) is 0 Å². The van der Waals surface area contributed by atoms with Crippen molar-refractivity contribution in [2.75, 3.05) is 46.2 Å². The minimum Gasteiger partial charge on any atom is -0.427 e. The second-order valence-corrected chi connectivity index (χ2v) is 5.83. The van der Waals surface area contributed by atoms with Crippen molar-refractivity contribution in [1.82, 2.24) is 0 Å². The first-order valence-electron chi connectivity index (χ1n) is 6.10. The molecule has 3 aliphatic rings. The third-order valence-electron chi connectivity index (χ3n) is 4.59. The number of hydrogen-bond donors (Lipinski definition) is 0. The molecule has 0 aliphatic carbocycles. The second kappa shape index (κ2) is 4.38. The molecule has 5 heteroatoms. The van der Waals surface area contributed by atoms with Crippen LogP contribution in [0.1, 0.15) is 0 Å². The molecule has 0 radical (unpaired) electrons. The average Bonchev–Trinajstić information content (AvgIpc) is 1.92. The smallest absolute Gasteiger partial charge is 0.145 e. The molecule has 0 amide bonds. The number of rotatable bonds is 5. The lowest BCUT2D eigenvalue weighted by Gasteiger charge is -2.57. The van der Waals surface area contributed by atoms with Gasteiger partial charge in [-0.25, -0.2) is 0 Å². The largest absolute Gasteiger partial charge is 0.427 e. The molecule has 0 atom stereocenters. The second-order valence-electron chi connectivity index (χ2n) is 5.25. The number of ether oxygens (including phenoxy) is 3. The first-order valence-corrected chi connectivity index (χ1v) is 6.91. The highest BCUT2D eigenvalue weighted by molar-refractivity contribution is 5.97. The molecule has 16 heavy (non-hydrogen) atoms. The van der Waals surface area contributed by atoms with Crippen LogP contribution in [-0.4, -0.2) is 56.7 Å². The van der Waals surface area contributed by atoms with Crippen molar-refractivity contribution in [2.45, 2.75) is 0 Å². The molecule has 3 aliphatic heterocycles. The Morgan fingerprint density at radius 3 is 1.44 bits per heavy atom. The Hall–Kier alpha value is 0.0569. The summed E-state index contributed by atoms with van der Waals surface area (Å²) in [4.78, 5) is 0. The highest BCUT2D eigenvalue weighted by Gasteiger charge is 2.57. The zero-order valence-electron chi connectivity index (χ0n) is 9.81. The standard InChI is InChI=1S/C11H20O4Si/c16-15-7-11(8-1-12-2-8,9-3-13-4-9)10-5-14-6-10/h8-10H,1-7H2,16H3. The summed E-state index contributed by atoms with van der Waals surface area (Å²) in [7, 11) is 0.815. The van der Waals surface area contributed by atoms with Crippen molar-refractivity contribution in [1.29, 1.82) is 0 Å². The van der Waals surface area contributed by atoms with Gasteiger partial charge in [-0.05, 0) is 0 Å². The molecule has 0 N–H and O–H groups in total. The maximum atomic E-state index is 5.65. The summed E-state index contributed by atoms with van der Waals surface area (Å²) in [6, 6.07) is 0. The van der Waals surface area contributed by atoms with Gasteiger partial charge in [-0.15, -0.1) is 0 Å². The van der Waals surface area contributed by atoms with E-state index in [4.69, 9.17) is 18.6 Å². The van der Waals surface area contributed by atoms with Gasteiger partial charge in [0, 0.05) is 29.8 Å². The highest BCUT2D eigenvalue weighted by Crippen LogP contribution is 2.51. The summed E-state index contributed by atoms with van der Waals surface area (Å²) >= 11 is 0. The third-order valence-corrected chi connectivity index (χ3v) is 4.88. The van der Waals surface area contributed by atoms with E-state index in [1.807, 2.05) is 0 Å². The van der Waals surface area contributed by atoms with Gasteiger partial charge >= 0.3 is 0 Å². The van der Waals surface area contributed by atoms with Gasteiger partial charge in [0.25, 0.3) is 0 Å². The predicted molar refractivity (Wildman–Crippen MR) is 61.3 cm³/mol. The topological polar surface area (TPSA) is 36.9 Å². The molecular weight excluding hydrogens is 224 g/mol. The van der Waals surface area contributed by atoms with Gasteiger partial charge in [0.1, 0.15) is 10.5 Å². The van der Waals surface area contributed by atoms with E-state index in [0.29, 0.717) is 17.8 Å². The Bertz CT molecular complexity index is 212. The predicted octanol–water partition coefficient (Wildman–Crippen LogP) is -0.791. The van der Waals surface area contributed by atoms with E-state index in [1.54, 1.807) is 0 Å². The molecule has 0 unspecified atom stereocenters. The van der Waals surface area contributed by atoms with E-state index < -0.39 is 0 Å². The summed E-state index contributed by atoms with van der Waals surface area (Å²) in [5.41, 5.74) is 0.274. The van der Waals surface area contributed by atoms with Crippen LogP contribution in [0.25, 0.3) is 0 Å². The molecule has 0 aromatic heterocycles. The van der Waals surface area contributed by atoms with E-state index in [-0.39, 0.29) is 5.41 Å². The van der Waals surface area contributed by atoms with Crippen molar-refractivity contribution in [3.05, 3.63) is 0 Å². The Labute approximate surface area is 99.1 Å². The van der Waals surface area contributed by atoms with Crippen molar-refractivity contribution in [3.8, 4) is 0 Å². The van der Waals surface area contributed by atoms with Gasteiger partial charge < -0.3 is 18.6 Å². The zero-order valence-corrected chi connectivity index (χ0v) is 11.8. The Balaban J connectivity index is 1.81. The van der Waals surface area contributed by atoms with Crippen molar-refractivity contribution >= 4 is 10.5 Å². The van der Waals surface area contributed by atoms with E-state index in [2.05, 4.69) is 0 Å². The van der Waals surface area contributed by atoms with Gasteiger partial charge in [0.15, 0.2) is 0 Å². The first-order chi connectivity index (χ1) is 7.88. The minimum atomic E-state index is 0.274. The monoisotopic (exact) mass is 244 g/mol. The fourth-order valence-electron chi connectivity index (χ4n) is 3.24. The normalized spacial score (nSPS) is 28.5. The fourth-order valence-corrected chi connectivity index (χ4v) is 3.74. The van der Waals surface area contributed by atoms with Gasteiger partial charge in [-0.3, -0.25) is 0 Å². The number of hydrogen-bond acceptors (Lipinski definition) is 4. The molecule has 92 valence electrons. The van der Waals surface area contributed by atoms with Crippen LogP contribution in [0.4, 0.5) is 0 Å². The first kappa shape index (κ1) is 11.2. The molecule has 3 saturated heterocycles. The van der Waals surface area contributed by atoms with Crippen molar-refractivity contribution in [3.63, 3.8) is 0 Å². The molecule has 3 heterocycles. The molecule has 0 bridgehead atoms. The lowest BCUT2D eigenvalue weighted by molar-refractivity contribution is -0.248. The van der Waals surface area contributed by atoms with Crippen LogP contribution in [0.15, 0.2) is 0 Å². The Kier molecular flexibility index (Phi) is 3.06. The summed E-state index contributed by atoms with van der Waals surface area (Å²) in [6.45, 7) is 6.29. The molecule has 0 saturated carbocycles. The lowest BCUT2D eigenvalue weighted by atomic mass is 9.57. The maximum Gasteiger partial charge on any atom is 0.145 e. The summed E-state index contributed by atoms with van der Waals surface area (Å²) in [5, 5.41) is 0. The highest BCUT2D eigenvalue weighted by atomic mass is 28.2. The summed E-state index contributed by atoms with van der Waals surface area (Å²) < 4.78 is 21.8. The molecule has 0 spiro atoms. The van der Waals surface area contributed by atoms with Crippen molar-refractivity contribution in [2.24, 2.45) is 23.2 Å². The maximum absolute atomic E-state index is 5.65. The van der Waals surface area contributed by atoms with Crippen LogP contribution in [-0.2, 0) is 18.6 Å². The van der Waals surface area contributed by atoms with Crippen LogP contribution in [0.3, 0.4) is 0 Å². The lowest BCUT2D eigenvalue weighted by Crippen LogP contribution is -2.63. The van der Waals surface area contributed by atoms with Crippen molar-refractivity contribution < 1.29 is 18.6 Å². The summed E-state index contributed by atoms with van der Waals surface area (Å²) in [5.74, 6) is 1.97. The van der Waals surface area contributed by atoms with Crippen LogP contribution in [0.2, 0.25) is 0 Å². The van der Waals surface area contributed by atoms with Crippen LogP contribution in [0, 0.1) is 23.2 Å².